The zero-order valence-corrected chi connectivity index (χ0v) is 14.9. The fourth-order valence-corrected chi connectivity index (χ4v) is 2.73. The minimum Gasteiger partial charge on any atom is -0.368 e. The highest BCUT2D eigenvalue weighted by Gasteiger charge is 2.20. The Labute approximate surface area is 151 Å². The van der Waals surface area contributed by atoms with Crippen LogP contribution >= 0.6 is 11.6 Å². The van der Waals surface area contributed by atoms with Crippen molar-refractivity contribution in [2.45, 2.75) is 19.3 Å². The van der Waals surface area contributed by atoms with Crippen LogP contribution in [0.1, 0.15) is 19.4 Å². The molecule has 1 aromatic heterocycles. The molecule has 0 bridgehead atoms. The second kappa shape index (κ2) is 7.19. The molecule has 0 spiro atoms. The zero-order chi connectivity index (χ0) is 17.9. The molecular formula is C20H19ClFN3. The molecule has 0 saturated heterocycles. The number of hydrogen-bond acceptors (Lipinski definition) is 3. The Balaban J connectivity index is 1.68. The smallest absolute Gasteiger partial charge is 0.148 e. The van der Waals surface area contributed by atoms with Crippen LogP contribution in [0.2, 0.25) is 5.02 Å². The van der Waals surface area contributed by atoms with Crippen LogP contribution < -0.4 is 5.32 Å². The number of benzene rings is 2. The van der Waals surface area contributed by atoms with E-state index in [-0.39, 0.29) is 11.2 Å². The first kappa shape index (κ1) is 17.4. The van der Waals surface area contributed by atoms with E-state index >= 15 is 0 Å². The molecule has 1 heterocycles. The number of halogens is 2. The number of aromatic nitrogens is 2. The lowest BCUT2D eigenvalue weighted by atomic mass is 9.84. The van der Waals surface area contributed by atoms with E-state index in [4.69, 9.17) is 11.6 Å². The van der Waals surface area contributed by atoms with Crippen LogP contribution in [-0.2, 0) is 5.41 Å². The standard InChI is InChI=1S/C20H19ClFN3/c1-20(2,15-6-8-17(22)9-7-15)13-23-19-11-10-18(24-25-19)14-4-3-5-16(21)12-14/h3-12H,13H2,1-2H3,(H,23,25). The van der Waals surface area contributed by atoms with Gasteiger partial charge >= 0.3 is 0 Å². The zero-order valence-electron chi connectivity index (χ0n) is 14.1. The van der Waals surface area contributed by atoms with Crippen molar-refractivity contribution in [1.82, 2.24) is 10.2 Å². The summed E-state index contributed by atoms with van der Waals surface area (Å²) in [6.45, 7) is 4.85. The fourth-order valence-electron chi connectivity index (χ4n) is 2.54. The van der Waals surface area contributed by atoms with Gasteiger partial charge in [0.2, 0.25) is 0 Å². The molecular weight excluding hydrogens is 337 g/mol. The lowest BCUT2D eigenvalue weighted by Crippen LogP contribution is -2.28. The van der Waals surface area contributed by atoms with Crippen molar-refractivity contribution >= 4 is 17.4 Å². The molecule has 3 nitrogen and oxygen atoms in total. The van der Waals surface area contributed by atoms with Crippen LogP contribution in [-0.4, -0.2) is 16.7 Å². The predicted molar refractivity (Wildman–Crippen MR) is 100 cm³/mol. The third-order valence-corrected chi connectivity index (χ3v) is 4.36. The summed E-state index contributed by atoms with van der Waals surface area (Å²) in [4.78, 5) is 0. The van der Waals surface area contributed by atoms with Crippen molar-refractivity contribution in [2.24, 2.45) is 0 Å². The van der Waals surface area contributed by atoms with Crippen molar-refractivity contribution in [2.75, 3.05) is 11.9 Å². The third-order valence-electron chi connectivity index (χ3n) is 4.12. The molecule has 0 unspecified atom stereocenters. The van der Waals surface area contributed by atoms with E-state index < -0.39 is 0 Å². The minimum atomic E-state index is -0.227. The Hall–Kier alpha value is -2.46. The van der Waals surface area contributed by atoms with Crippen LogP contribution in [0.4, 0.5) is 10.2 Å². The van der Waals surface area contributed by atoms with E-state index in [2.05, 4.69) is 29.4 Å². The van der Waals surface area contributed by atoms with Gasteiger partial charge in [-0.25, -0.2) is 4.39 Å². The topological polar surface area (TPSA) is 37.8 Å². The van der Waals surface area contributed by atoms with E-state index in [0.29, 0.717) is 17.4 Å². The molecule has 3 rings (SSSR count). The highest BCUT2D eigenvalue weighted by Crippen LogP contribution is 2.24. The van der Waals surface area contributed by atoms with E-state index in [1.54, 1.807) is 0 Å². The Morgan fingerprint density at radius 1 is 1.00 bits per heavy atom. The molecule has 0 aliphatic heterocycles. The number of hydrogen-bond donors (Lipinski definition) is 1. The molecule has 1 N–H and O–H groups in total. The Morgan fingerprint density at radius 3 is 2.40 bits per heavy atom. The van der Waals surface area contributed by atoms with Crippen molar-refractivity contribution in [3.63, 3.8) is 0 Å². The van der Waals surface area contributed by atoms with Gasteiger partial charge in [0.25, 0.3) is 0 Å². The van der Waals surface area contributed by atoms with Crippen LogP contribution in [0.25, 0.3) is 11.3 Å². The second-order valence-electron chi connectivity index (χ2n) is 6.56. The predicted octanol–water partition coefficient (Wildman–Crippen LogP) is 5.33. The fraction of sp³-hybridized carbons (Fsp3) is 0.200. The summed E-state index contributed by atoms with van der Waals surface area (Å²) in [5.41, 5.74) is 2.59. The van der Waals surface area contributed by atoms with Gasteiger partial charge in [-0.05, 0) is 42.0 Å². The molecule has 0 saturated carbocycles. The van der Waals surface area contributed by atoms with Gasteiger partial charge in [0.1, 0.15) is 11.6 Å². The largest absolute Gasteiger partial charge is 0.368 e. The van der Waals surface area contributed by atoms with Crippen LogP contribution in [0.5, 0.6) is 0 Å². The number of rotatable bonds is 5. The normalized spacial score (nSPS) is 11.4. The number of anilines is 1. The van der Waals surface area contributed by atoms with Crippen LogP contribution in [0.15, 0.2) is 60.7 Å². The highest BCUT2D eigenvalue weighted by molar-refractivity contribution is 6.30. The molecule has 0 amide bonds. The molecule has 0 fully saturated rings. The summed E-state index contributed by atoms with van der Waals surface area (Å²) in [6, 6.07) is 17.9. The molecule has 0 radical (unpaired) electrons. The van der Waals surface area contributed by atoms with Gasteiger partial charge < -0.3 is 5.32 Å². The number of nitrogens with one attached hydrogen (secondary N) is 1. The van der Waals surface area contributed by atoms with Crippen LogP contribution in [0, 0.1) is 5.82 Å². The maximum Gasteiger partial charge on any atom is 0.148 e. The quantitative estimate of drug-likeness (QED) is 0.672. The minimum absolute atomic E-state index is 0.166. The van der Waals surface area contributed by atoms with Crippen molar-refractivity contribution < 1.29 is 4.39 Å². The van der Waals surface area contributed by atoms with Gasteiger partial charge in [-0.15, -0.1) is 10.2 Å². The second-order valence-corrected chi connectivity index (χ2v) is 6.99. The first-order chi connectivity index (χ1) is 11.9. The average Bonchev–Trinajstić information content (AvgIpc) is 2.61. The summed E-state index contributed by atoms with van der Waals surface area (Å²) < 4.78 is 13.1. The summed E-state index contributed by atoms with van der Waals surface area (Å²) in [5, 5.41) is 12.4. The van der Waals surface area contributed by atoms with E-state index in [0.717, 1.165) is 16.8 Å². The van der Waals surface area contributed by atoms with Crippen molar-refractivity contribution in [1.29, 1.82) is 0 Å². The van der Waals surface area contributed by atoms with Gasteiger partial charge in [0, 0.05) is 22.5 Å². The first-order valence-corrected chi connectivity index (χ1v) is 8.41. The molecule has 128 valence electrons. The lowest BCUT2D eigenvalue weighted by Gasteiger charge is -2.25. The monoisotopic (exact) mass is 355 g/mol. The third kappa shape index (κ3) is 4.34. The van der Waals surface area contributed by atoms with E-state index in [9.17, 15) is 4.39 Å². The molecule has 25 heavy (non-hydrogen) atoms. The SMILES string of the molecule is CC(C)(CNc1ccc(-c2cccc(Cl)c2)nn1)c1ccc(F)cc1. The summed E-state index contributed by atoms with van der Waals surface area (Å²) in [5.74, 6) is 0.468. The lowest BCUT2D eigenvalue weighted by molar-refractivity contribution is 0.552. The Morgan fingerprint density at radius 2 is 1.76 bits per heavy atom. The van der Waals surface area contributed by atoms with Gasteiger partial charge in [0.15, 0.2) is 0 Å². The molecule has 2 aromatic carbocycles. The highest BCUT2D eigenvalue weighted by atomic mass is 35.5. The molecule has 0 aliphatic rings. The average molecular weight is 356 g/mol. The Kier molecular flexibility index (Phi) is 5.00. The van der Waals surface area contributed by atoms with Gasteiger partial charge in [0.05, 0.1) is 5.69 Å². The van der Waals surface area contributed by atoms with Crippen LogP contribution in [0.3, 0.4) is 0 Å². The van der Waals surface area contributed by atoms with Crippen molar-refractivity contribution in [3.05, 3.63) is 77.1 Å². The van der Waals surface area contributed by atoms with Gasteiger partial charge in [-0.1, -0.05) is 49.7 Å². The number of nitrogens with zero attached hydrogens (tertiary/aromatic N) is 2. The van der Waals surface area contributed by atoms with Crippen molar-refractivity contribution in [3.8, 4) is 11.3 Å². The van der Waals surface area contributed by atoms with Gasteiger partial charge in [-0.3, -0.25) is 0 Å². The maximum atomic E-state index is 13.1. The molecule has 0 atom stereocenters. The summed E-state index contributed by atoms with van der Waals surface area (Å²) in [7, 11) is 0. The Bertz CT molecular complexity index is 846. The maximum absolute atomic E-state index is 13.1. The summed E-state index contributed by atoms with van der Waals surface area (Å²) >= 11 is 6.01. The molecule has 5 heteroatoms. The first-order valence-electron chi connectivity index (χ1n) is 8.04. The van der Waals surface area contributed by atoms with E-state index in [1.165, 1.54) is 12.1 Å². The molecule has 0 aliphatic carbocycles. The summed E-state index contributed by atoms with van der Waals surface area (Å²) in [6.07, 6.45) is 0. The van der Waals surface area contributed by atoms with Gasteiger partial charge in [-0.2, -0.15) is 0 Å². The van der Waals surface area contributed by atoms with E-state index in [1.807, 2.05) is 48.5 Å². The molecule has 3 aromatic rings.